The van der Waals surface area contributed by atoms with Crippen LogP contribution in [0.2, 0.25) is 0 Å². The van der Waals surface area contributed by atoms with Crippen LogP contribution in [0.5, 0.6) is 0 Å². The molecule has 0 aliphatic heterocycles. The van der Waals surface area contributed by atoms with E-state index in [9.17, 15) is 4.79 Å². The Bertz CT molecular complexity index is 1400. The molecule has 0 spiro atoms. The van der Waals surface area contributed by atoms with Crippen molar-refractivity contribution in [2.24, 2.45) is 18.9 Å². The van der Waals surface area contributed by atoms with Crippen molar-refractivity contribution in [3.63, 3.8) is 0 Å². The lowest BCUT2D eigenvalue weighted by Crippen LogP contribution is -2.43. The van der Waals surface area contributed by atoms with Gasteiger partial charge in [-0.25, -0.2) is 4.98 Å². The number of nitrogens with one attached hydrogen (secondary N) is 3. The molecular weight excluding hydrogens is 452 g/mol. The summed E-state index contributed by atoms with van der Waals surface area (Å²) in [5.74, 6) is 1.80. The van der Waals surface area contributed by atoms with E-state index in [0.717, 1.165) is 52.9 Å². The van der Waals surface area contributed by atoms with Crippen molar-refractivity contribution in [1.29, 1.82) is 0 Å². The topological polar surface area (TPSA) is 113 Å². The minimum Gasteiger partial charge on any atom is -0.359 e. The van der Waals surface area contributed by atoms with E-state index in [1.165, 1.54) is 0 Å². The number of aryl methyl sites for hydroxylation is 2. The zero-order valence-corrected chi connectivity index (χ0v) is 21.6. The van der Waals surface area contributed by atoms with Gasteiger partial charge in [-0.2, -0.15) is 0 Å². The average Bonchev–Trinajstić information content (AvgIpc) is 3.42. The van der Waals surface area contributed by atoms with Gasteiger partial charge in [0.25, 0.3) is 5.91 Å². The second-order valence-electron chi connectivity index (χ2n) is 10.7. The van der Waals surface area contributed by atoms with E-state index in [-0.39, 0.29) is 11.3 Å². The van der Waals surface area contributed by atoms with Crippen molar-refractivity contribution in [1.82, 2.24) is 35.0 Å². The molecule has 1 amide bonds. The number of hydrogen-bond acceptors (Lipinski definition) is 6. The molecule has 9 heteroatoms. The van der Waals surface area contributed by atoms with Gasteiger partial charge in [-0.3, -0.25) is 9.78 Å². The first-order valence-electron chi connectivity index (χ1n) is 12.6. The molecule has 0 aromatic carbocycles. The maximum absolute atomic E-state index is 13.3. The Morgan fingerprint density at radius 1 is 1.28 bits per heavy atom. The molecule has 0 unspecified atom stereocenters. The maximum atomic E-state index is 13.3. The van der Waals surface area contributed by atoms with Gasteiger partial charge in [0.15, 0.2) is 0 Å². The van der Waals surface area contributed by atoms with Crippen LogP contribution < -0.4 is 10.6 Å². The van der Waals surface area contributed by atoms with Crippen LogP contribution in [0.25, 0.3) is 11.0 Å². The van der Waals surface area contributed by atoms with Gasteiger partial charge in [0.2, 0.25) is 0 Å². The van der Waals surface area contributed by atoms with E-state index in [2.05, 4.69) is 56.6 Å². The molecule has 0 bridgehead atoms. The molecule has 0 atom stereocenters. The highest BCUT2D eigenvalue weighted by Crippen LogP contribution is 2.51. The summed E-state index contributed by atoms with van der Waals surface area (Å²) in [6.07, 6.45) is 9.16. The lowest BCUT2D eigenvalue weighted by Gasteiger charge is -2.45. The quantitative estimate of drug-likeness (QED) is 0.345. The predicted molar refractivity (Wildman–Crippen MR) is 140 cm³/mol. The molecule has 4 heterocycles. The molecular formula is C27H34N8O. The Morgan fingerprint density at radius 2 is 2.08 bits per heavy atom. The van der Waals surface area contributed by atoms with E-state index in [4.69, 9.17) is 0 Å². The Labute approximate surface area is 211 Å². The van der Waals surface area contributed by atoms with Crippen molar-refractivity contribution < 1.29 is 4.79 Å². The van der Waals surface area contributed by atoms with Crippen LogP contribution in [0.15, 0.2) is 37.1 Å². The van der Waals surface area contributed by atoms with Crippen LogP contribution in [0.1, 0.15) is 66.6 Å². The summed E-state index contributed by atoms with van der Waals surface area (Å²) in [7, 11) is 1.97. The van der Waals surface area contributed by atoms with Gasteiger partial charge in [-0.05, 0) is 67.0 Å². The standard InChI is InChI=1S/C27H34N8O/c1-16(2)10-28-12-19-6-22(33-23-18(4)11-30-24(19)23)25(36)32-21-7-20(13-29-14-21)27(8-17(3)9-27)26-34-31-15-35(26)5/h6-7,11,13-17,28,30H,8-10,12H2,1-5H3,(H,32,36). The minimum absolute atomic E-state index is 0.243. The third kappa shape index (κ3) is 4.39. The summed E-state index contributed by atoms with van der Waals surface area (Å²) in [4.78, 5) is 25.8. The number of pyridine rings is 2. The smallest absolute Gasteiger partial charge is 0.274 e. The Hall–Kier alpha value is -3.59. The summed E-state index contributed by atoms with van der Waals surface area (Å²) in [6.45, 7) is 10.1. The second-order valence-corrected chi connectivity index (χ2v) is 10.7. The summed E-state index contributed by atoms with van der Waals surface area (Å²) in [5.41, 5.74) is 5.65. The monoisotopic (exact) mass is 486 g/mol. The number of carbonyl (C=O) groups is 1. The third-order valence-electron chi connectivity index (χ3n) is 7.09. The van der Waals surface area contributed by atoms with E-state index >= 15 is 0 Å². The number of anilines is 1. The second kappa shape index (κ2) is 9.46. The Kier molecular flexibility index (Phi) is 6.34. The summed E-state index contributed by atoms with van der Waals surface area (Å²) in [5, 5.41) is 15.0. The van der Waals surface area contributed by atoms with Gasteiger partial charge in [-0.1, -0.05) is 20.8 Å². The number of H-pyrrole nitrogens is 1. The van der Waals surface area contributed by atoms with Gasteiger partial charge in [0.05, 0.1) is 28.3 Å². The average molecular weight is 487 g/mol. The van der Waals surface area contributed by atoms with Gasteiger partial charge in [0.1, 0.15) is 17.8 Å². The molecule has 9 nitrogen and oxygen atoms in total. The van der Waals surface area contributed by atoms with Gasteiger partial charge in [0, 0.05) is 26.0 Å². The number of rotatable bonds is 8. The molecule has 1 aliphatic rings. The summed E-state index contributed by atoms with van der Waals surface area (Å²) in [6, 6.07) is 3.88. The van der Waals surface area contributed by atoms with Crippen LogP contribution in [0.4, 0.5) is 5.69 Å². The SMILES string of the molecule is Cc1c[nH]c2c(CNCC(C)C)cc(C(=O)Nc3cncc(C4(c5nncn5C)CC(C)C4)c3)nc12. The number of aromatic amines is 1. The first-order chi connectivity index (χ1) is 17.3. The molecule has 188 valence electrons. The summed E-state index contributed by atoms with van der Waals surface area (Å²) >= 11 is 0. The van der Waals surface area contributed by atoms with Crippen molar-refractivity contribution in [2.75, 3.05) is 11.9 Å². The van der Waals surface area contributed by atoms with E-state index in [0.29, 0.717) is 29.8 Å². The molecule has 4 aromatic rings. The molecule has 3 N–H and O–H groups in total. The normalized spacial score (nSPS) is 19.6. The fourth-order valence-electron chi connectivity index (χ4n) is 5.40. The number of hydrogen-bond donors (Lipinski definition) is 3. The number of nitrogens with zero attached hydrogens (tertiary/aromatic N) is 5. The van der Waals surface area contributed by atoms with E-state index < -0.39 is 0 Å². The fourth-order valence-corrected chi connectivity index (χ4v) is 5.40. The van der Waals surface area contributed by atoms with Crippen LogP contribution in [0.3, 0.4) is 0 Å². The number of amides is 1. The highest BCUT2D eigenvalue weighted by molar-refractivity contribution is 6.04. The van der Waals surface area contributed by atoms with E-state index in [1.54, 1.807) is 12.5 Å². The highest BCUT2D eigenvalue weighted by atomic mass is 16.1. The molecule has 0 radical (unpaired) electrons. The lowest BCUT2D eigenvalue weighted by atomic mass is 9.59. The Morgan fingerprint density at radius 3 is 2.78 bits per heavy atom. The van der Waals surface area contributed by atoms with Crippen molar-refractivity contribution in [3.8, 4) is 0 Å². The van der Waals surface area contributed by atoms with Crippen molar-refractivity contribution in [2.45, 2.75) is 52.5 Å². The number of carbonyl (C=O) groups excluding carboxylic acids is 1. The molecule has 1 saturated carbocycles. The van der Waals surface area contributed by atoms with Crippen LogP contribution in [0, 0.1) is 18.8 Å². The third-order valence-corrected chi connectivity index (χ3v) is 7.09. The zero-order valence-electron chi connectivity index (χ0n) is 21.6. The van der Waals surface area contributed by atoms with Crippen molar-refractivity contribution in [3.05, 3.63) is 65.3 Å². The van der Waals surface area contributed by atoms with Crippen LogP contribution in [-0.2, 0) is 19.0 Å². The van der Waals surface area contributed by atoms with Gasteiger partial charge in [-0.15, -0.1) is 10.2 Å². The Balaban J connectivity index is 1.42. The van der Waals surface area contributed by atoms with Gasteiger partial charge >= 0.3 is 0 Å². The highest BCUT2D eigenvalue weighted by Gasteiger charge is 2.48. The molecule has 4 aromatic heterocycles. The number of fused-ring (bicyclic) bond motifs is 1. The van der Waals surface area contributed by atoms with Crippen LogP contribution in [-0.4, -0.2) is 42.2 Å². The lowest BCUT2D eigenvalue weighted by molar-refractivity contribution is 0.102. The van der Waals surface area contributed by atoms with E-state index in [1.807, 2.05) is 43.1 Å². The van der Waals surface area contributed by atoms with Crippen molar-refractivity contribution >= 4 is 22.6 Å². The first-order valence-corrected chi connectivity index (χ1v) is 12.6. The molecule has 36 heavy (non-hydrogen) atoms. The molecule has 1 aliphatic carbocycles. The fraction of sp³-hybridized carbons (Fsp3) is 0.444. The van der Waals surface area contributed by atoms with Gasteiger partial charge < -0.3 is 20.2 Å². The predicted octanol–water partition coefficient (Wildman–Crippen LogP) is 4.11. The summed E-state index contributed by atoms with van der Waals surface area (Å²) < 4.78 is 1.98. The molecule has 1 fully saturated rings. The zero-order chi connectivity index (χ0) is 25.4. The number of aromatic nitrogens is 6. The molecule has 0 saturated heterocycles. The first kappa shape index (κ1) is 24.1. The molecule has 5 rings (SSSR count). The maximum Gasteiger partial charge on any atom is 0.274 e. The minimum atomic E-state index is -0.253. The van der Waals surface area contributed by atoms with Crippen LogP contribution >= 0.6 is 0 Å². The largest absolute Gasteiger partial charge is 0.359 e.